The molecule has 0 atom stereocenters. The van der Waals surface area contributed by atoms with Gasteiger partial charge in [0.25, 0.3) is 0 Å². The Balaban J connectivity index is 2.29. The lowest BCUT2D eigenvalue weighted by Crippen LogP contribution is -2.18. The first-order valence-corrected chi connectivity index (χ1v) is 4.14. The molecular formula is C9H11ClN2. The molecule has 12 heavy (non-hydrogen) atoms. The lowest BCUT2D eigenvalue weighted by Gasteiger charge is -2.01. The van der Waals surface area contributed by atoms with Crippen molar-refractivity contribution in [2.75, 3.05) is 6.54 Å². The summed E-state index contributed by atoms with van der Waals surface area (Å²) < 4.78 is 0. The molecule has 3 heteroatoms. The fraction of sp³-hybridized carbons (Fsp3) is 0.222. The minimum atomic E-state index is 0.144. The summed E-state index contributed by atoms with van der Waals surface area (Å²) in [4.78, 5) is 0. The van der Waals surface area contributed by atoms with Crippen LogP contribution in [0.1, 0.15) is 5.56 Å². The minimum absolute atomic E-state index is 0.144. The maximum atomic E-state index is 6.96. The monoisotopic (exact) mass is 182 g/mol. The predicted molar refractivity (Wildman–Crippen MR) is 51.7 cm³/mol. The first-order valence-electron chi connectivity index (χ1n) is 3.76. The van der Waals surface area contributed by atoms with Gasteiger partial charge in [0.15, 0.2) is 0 Å². The molecule has 64 valence electrons. The summed E-state index contributed by atoms with van der Waals surface area (Å²) in [6.07, 6.45) is 0. The SMILES string of the molecule is N=C(Cl)CNCc1ccccc1. The second-order valence-electron chi connectivity index (χ2n) is 2.49. The van der Waals surface area contributed by atoms with Gasteiger partial charge >= 0.3 is 0 Å². The molecule has 1 aromatic rings. The molecule has 0 saturated carbocycles. The third-order valence-electron chi connectivity index (χ3n) is 1.45. The Morgan fingerprint density at radius 2 is 2.00 bits per heavy atom. The van der Waals surface area contributed by atoms with Crippen molar-refractivity contribution in [3.63, 3.8) is 0 Å². The van der Waals surface area contributed by atoms with Gasteiger partial charge in [-0.3, -0.25) is 5.41 Å². The Morgan fingerprint density at radius 3 is 2.58 bits per heavy atom. The molecule has 0 bridgehead atoms. The van der Waals surface area contributed by atoms with E-state index in [9.17, 15) is 0 Å². The Labute approximate surface area is 77.1 Å². The van der Waals surface area contributed by atoms with Crippen molar-refractivity contribution < 1.29 is 0 Å². The molecule has 0 aliphatic carbocycles. The van der Waals surface area contributed by atoms with Gasteiger partial charge in [-0.05, 0) is 5.56 Å². The van der Waals surface area contributed by atoms with E-state index in [-0.39, 0.29) is 5.17 Å². The van der Waals surface area contributed by atoms with Crippen LogP contribution in [0, 0.1) is 5.41 Å². The van der Waals surface area contributed by atoms with Gasteiger partial charge in [0.05, 0.1) is 0 Å². The van der Waals surface area contributed by atoms with E-state index in [1.54, 1.807) is 0 Å². The fourth-order valence-electron chi connectivity index (χ4n) is 0.912. The van der Waals surface area contributed by atoms with Crippen molar-refractivity contribution in [1.82, 2.24) is 5.32 Å². The van der Waals surface area contributed by atoms with Gasteiger partial charge in [0.2, 0.25) is 0 Å². The number of nitrogens with one attached hydrogen (secondary N) is 2. The van der Waals surface area contributed by atoms with E-state index in [2.05, 4.69) is 5.32 Å². The van der Waals surface area contributed by atoms with Crippen molar-refractivity contribution in [3.05, 3.63) is 35.9 Å². The van der Waals surface area contributed by atoms with E-state index < -0.39 is 0 Å². The van der Waals surface area contributed by atoms with E-state index in [1.807, 2.05) is 30.3 Å². The normalized spacial score (nSPS) is 9.75. The molecule has 0 saturated heterocycles. The molecule has 0 aliphatic rings. The van der Waals surface area contributed by atoms with Gasteiger partial charge in [0, 0.05) is 13.1 Å². The highest BCUT2D eigenvalue weighted by atomic mass is 35.5. The maximum Gasteiger partial charge on any atom is 0.111 e. The molecule has 0 aromatic heterocycles. The van der Waals surface area contributed by atoms with Gasteiger partial charge < -0.3 is 5.32 Å². The molecule has 0 radical (unpaired) electrons. The predicted octanol–water partition coefficient (Wildman–Crippen LogP) is 1.99. The van der Waals surface area contributed by atoms with E-state index >= 15 is 0 Å². The third kappa shape index (κ3) is 3.51. The average molecular weight is 183 g/mol. The Kier molecular flexibility index (Phi) is 3.77. The highest BCUT2D eigenvalue weighted by Gasteiger charge is 1.91. The van der Waals surface area contributed by atoms with E-state index in [0.29, 0.717) is 6.54 Å². The fourth-order valence-corrected chi connectivity index (χ4v) is 1.01. The molecule has 2 N–H and O–H groups in total. The van der Waals surface area contributed by atoms with Crippen LogP contribution in [-0.4, -0.2) is 11.7 Å². The maximum absolute atomic E-state index is 6.96. The number of hydrogen-bond donors (Lipinski definition) is 2. The Morgan fingerprint density at radius 1 is 1.33 bits per heavy atom. The first-order chi connectivity index (χ1) is 5.79. The van der Waals surface area contributed by atoms with Crippen LogP contribution in [0.25, 0.3) is 0 Å². The minimum Gasteiger partial charge on any atom is -0.306 e. The molecule has 2 nitrogen and oxygen atoms in total. The lowest BCUT2D eigenvalue weighted by atomic mass is 10.2. The van der Waals surface area contributed by atoms with Gasteiger partial charge in [-0.2, -0.15) is 0 Å². The largest absolute Gasteiger partial charge is 0.306 e. The van der Waals surface area contributed by atoms with E-state index in [1.165, 1.54) is 5.56 Å². The summed E-state index contributed by atoms with van der Waals surface area (Å²) in [6, 6.07) is 10.0. The van der Waals surface area contributed by atoms with Crippen molar-refractivity contribution in [2.24, 2.45) is 0 Å². The molecule has 0 unspecified atom stereocenters. The van der Waals surface area contributed by atoms with Gasteiger partial charge in [-0.15, -0.1) is 0 Å². The summed E-state index contributed by atoms with van der Waals surface area (Å²) in [5, 5.41) is 10.2. The zero-order valence-electron chi connectivity index (χ0n) is 6.68. The van der Waals surface area contributed by atoms with Crippen LogP contribution in [0.5, 0.6) is 0 Å². The van der Waals surface area contributed by atoms with Crippen LogP contribution in [0.15, 0.2) is 30.3 Å². The zero-order chi connectivity index (χ0) is 8.81. The molecule has 1 rings (SSSR count). The van der Waals surface area contributed by atoms with Crippen molar-refractivity contribution in [1.29, 1.82) is 5.41 Å². The molecule has 1 aromatic carbocycles. The van der Waals surface area contributed by atoms with Crippen molar-refractivity contribution >= 4 is 16.8 Å². The van der Waals surface area contributed by atoms with Gasteiger partial charge in [-0.25, -0.2) is 0 Å². The highest BCUT2D eigenvalue weighted by molar-refractivity contribution is 6.65. The standard InChI is InChI=1S/C9H11ClN2/c10-9(11)7-12-6-8-4-2-1-3-5-8/h1-5,11-12H,6-7H2. The summed E-state index contributed by atoms with van der Waals surface area (Å²) in [5.41, 5.74) is 1.20. The summed E-state index contributed by atoms with van der Waals surface area (Å²) in [5.74, 6) is 0. The number of hydrogen-bond acceptors (Lipinski definition) is 2. The Hall–Kier alpha value is -0.860. The number of halogens is 1. The molecule has 0 spiro atoms. The van der Waals surface area contributed by atoms with Crippen molar-refractivity contribution in [2.45, 2.75) is 6.54 Å². The Bertz CT molecular complexity index is 246. The topological polar surface area (TPSA) is 35.9 Å². The molecule has 0 aliphatic heterocycles. The number of benzene rings is 1. The third-order valence-corrected chi connectivity index (χ3v) is 1.59. The second-order valence-corrected chi connectivity index (χ2v) is 2.95. The van der Waals surface area contributed by atoms with Crippen LogP contribution < -0.4 is 5.32 Å². The molecule has 0 amide bonds. The van der Waals surface area contributed by atoms with Crippen LogP contribution in [0.3, 0.4) is 0 Å². The van der Waals surface area contributed by atoms with Crippen LogP contribution in [-0.2, 0) is 6.54 Å². The van der Waals surface area contributed by atoms with E-state index in [4.69, 9.17) is 17.0 Å². The molecule has 0 fully saturated rings. The molecule has 0 heterocycles. The molecular weight excluding hydrogens is 172 g/mol. The summed E-state index contributed by atoms with van der Waals surface area (Å²) in [6.45, 7) is 1.20. The zero-order valence-corrected chi connectivity index (χ0v) is 7.43. The van der Waals surface area contributed by atoms with Gasteiger partial charge in [0.1, 0.15) is 5.17 Å². The smallest absolute Gasteiger partial charge is 0.111 e. The van der Waals surface area contributed by atoms with Crippen LogP contribution in [0.2, 0.25) is 0 Å². The van der Waals surface area contributed by atoms with Crippen LogP contribution >= 0.6 is 11.6 Å². The van der Waals surface area contributed by atoms with E-state index in [0.717, 1.165) is 6.54 Å². The van der Waals surface area contributed by atoms with Crippen molar-refractivity contribution in [3.8, 4) is 0 Å². The number of rotatable bonds is 4. The summed E-state index contributed by atoms with van der Waals surface area (Å²) in [7, 11) is 0. The quantitative estimate of drug-likeness (QED) is 0.687. The summed E-state index contributed by atoms with van der Waals surface area (Å²) >= 11 is 5.36. The van der Waals surface area contributed by atoms with Gasteiger partial charge in [-0.1, -0.05) is 41.9 Å². The highest BCUT2D eigenvalue weighted by Crippen LogP contribution is 1.96. The lowest BCUT2D eigenvalue weighted by molar-refractivity contribution is 0.778. The first kappa shape index (κ1) is 9.23. The second kappa shape index (κ2) is 4.91. The average Bonchev–Trinajstić information content (AvgIpc) is 2.05. The van der Waals surface area contributed by atoms with Crippen LogP contribution in [0.4, 0.5) is 0 Å².